The molecule has 0 radical (unpaired) electrons. The Kier molecular flexibility index (Phi) is 4.27. The molecular formula is C20H15NS. The number of thioether (sulfide) groups is 1. The first-order valence-corrected chi connectivity index (χ1v) is 7.86. The summed E-state index contributed by atoms with van der Waals surface area (Å²) in [4.78, 5) is 1.15. The highest BCUT2D eigenvalue weighted by molar-refractivity contribution is 8.04. The normalized spacial score (nSPS) is 10.0. The molecule has 0 saturated heterocycles. The molecule has 0 spiro atoms. The molecule has 0 amide bonds. The molecule has 1 N–H and O–H groups in total. The number of benzene rings is 3. The van der Waals surface area contributed by atoms with Gasteiger partial charge in [0, 0.05) is 16.7 Å². The summed E-state index contributed by atoms with van der Waals surface area (Å²) in [6.45, 7) is 2.08. The Morgan fingerprint density at radius 2 is 1.64 bits per heavy atom. The standard InChI is InChI=1S/C20H15NS/c1-15-6-10-18(11-7-15)22-13-12-16-8-9-17(14-21)20-5-3-2-4-19(16)20/h2-11,14,21H,1H3. The lowest BCUT2D eigenvalue weighted by Crippen LogP contribution is -1.86. The molecule has 0 bridgehead atoms. The molecule has 3 aromatic carbocycles. The van der Waals surface area contributed by atoms with E-state index in [1.807, 2.05) is 30.3 Å². The molecule has 22 heavy (non-hydrogen) atoms. The summed E-state index contributed by atoms with van der Waals surface area (Å²) >= 11 is 1.54. The Hall–Kier alpha value is -2.50. The fourth-order valence-electron chi connectivity index (χ4n) is 2.30. The zero-order valence-corrected chi connectivity index (χ0v) is 13.1. The highest BCUT2D eigenvalue weighted by atomic mass is 32.2. The van der Waals surface area contributed by atoms with Crippen molar-refractivity contribution in [3.63, 3.8) is 0 Å². The maximum atomic E-state index is 7.50. The average molecular weight is 301 g/mol. The lowest BCUT2D eigenvalue weighted by Gasteiger charge is -2.03. The molecule has 0 aliphatic heterocycles. The van der Waals surface area contributed by atoms with Crippen LogP contribution >= 0.6 is 11.8 Å². The van der Waals surface area contributed by atoms with Gasteiger partial charge in [0.05, 0.1) is 0 Å². The summed E-state index contributed by atoms with van der Waals surface area (Å²) in [5.74, 6) is 3.24. The summed E-state index contributed by atoms with van der Waals surface area (Å²) in [5, 5.41) is 12.8. The highest BCUT2D eigenvalue weighted by Crippen LogP contribution is 2.22. The van der Waals surface area contributed by atoms with Crippen LogP contribution in [0, 0.1) is 23.5 Å². The van der Waals surface area contributed by atoms with E-state index in [9.17, 15) is 0 Å². The van der Waals surface area contributed by atoms with Crippen LogP contribution in [0.2, 0.25) is 0 Å². The second kappa shape index (κ2) is 6.51. The molecule has 0 aromatic heterocycles. The summed E-state index contributed by atoms with van der Waals surface area (Å²) in [6, 6.07) is 20.4. The Bertz CT molecular complexity index is 883. The van der Waals surface area contributed by atoms with Crippen molar-refractivity contribution in [2.45, 2.75) is 11.8 Å². The third-order valence-electron chi connectivity index (χ3n) is 3.49. The number of rotatable bonds is 2. The van der Waals surface area contributed by atoms with Gasteiger partial charge < -0.3 is 5.41 Å². The molecule has 106 valence electrons. The molecule has 0 aliphatic carbocycles. The predicted octanol–water partition coefficient (Wildman–Crippen LogP) is 5.25. The molecule has 0 atom stereocenters. The van der Waals surface area contributed by atoms with Gasteiger partial charge in [0.1, 0.15) is 0 Å². The van der Waals surface area contributed by atoms with Crippen LogP contribution in [-0.4, -0.2) is 6.21 Å². The minimum Gasteiger partial charge on any atom is -0.308 e. The van der Waals surface area contributed by atoms with Crippen LogP contribution in [0.5, 0.6) is 0 Å². The predicted molar refractivity (Wildman–Crippen MR) is 95.7 cm³/mol. The number of aryl methyl sites for hydroxylation is 1. The third kappa shape index (κ3) is 3.05. The van der Waals surface area contributed by atoms with Gasteiger partial charge in [0.2, 0.25) is 0 Å². The lowest BCUT2D eigenvalue weighted by molar-refractivity contribution is 1.38. The van der Waals surface area contributed by atoms with Crippen molar-refractivity contribution >= 4 is 28.7 Å². The summed E-state index contributed by atoms with van der Waals surface area (Å²) in [6.07, 6.45) is 1.39. The van der Waals surface area contributed by atoms with Gasteiger partial charge in [-0.2, -0.15) is 0 Å². The van der Waals surface area contributed by atoms with E-state index in [0.29, 0.717) is 0 Å². The quantitative estimate of drug-likeness (QED) is 0.390. The maximum Gasteiger partial charge on any atom is 0.0333 e. The van der Waals surface area contributed by atoms with Gasteiger partial charge in [-0.1, -0.05) is 53.9 Å². The van der Waals surface area contributed by atoms with Crippen LogP contribution < -0.4 is 0 Å². The van der Waals surface area contributed by atoms with E-state index in [-0.39, 0.29) is 0 Å². The van der Waals surface area contributed by atoms with Crippen LogP contribution in [0.3, 0.4) is 0 Å². The summed E-state index contributed by atoms with van der Waals surface area (Å²) in [7, 11) is 0. The van der Waals surface area contributed by atoms with Crippen molar-refractivity contribution < 1.29 is 0 Å². The zero-order valence-electron chi connectivity index (χ0n) is 12.3. The number of hydrogen-bond acceptors (Lipinski definition) is 2. The molecule has 2 heteroatoms. The molecule has 0 unspecified atom stereocenters. The highest BCUT2D eigenvalue weighted by Gasteiger charge is 2.02. The minimum absolute atomic E-state index is 0.923. The molecule has 0 aliphatic rings. The van der Waals surface area contributed by atoms with Crippen molar-refractivity contribution in [3.8, 4) is 11.2 Å². The van der Waals surface area contributed by atoms with E-state index in [1.165, 1.54) is 23.5 Å². The van der Waals surface area contributed by atoms with E-state index in [1.54, 1.807) is 0 Å². The second-order valence-electron chi connectivity index (χ2n) is 5.03. The van der Waals surface area contributed by atoms with E-state index >= 15 is 0 Å². The Balaban J connectivity index is 1.93. The van der Waals surface area contributed by atoms with Crippen molar-refractivity contribution in [1.29, 1.82) is 5.41 Å². The molecule has 3 aromatic rings. The topological polar surface area (TPSA) is 23.9 Å². The first-order chi connectivity index (χ1) is 10.8. The van der Waals surface area contributed by atoms with Gasteiger partial charge in [-0.25, -0.2) is 0 Å². The molecule has 0 heterocycles. The number of nitrogens with one attached hydrogen (secondary N) is 1. The monoisotopic (exact) mass is 301 g/mol. The summed E-state index contributed by atoms with van der Waals surface area (Å²) in [5.41, 5.74) is 3.18. The van der Waals surface area contributed by atoms with Gasteiger partial charge in [-0.15, -0.1) is 0 Å². The van der Waals surface area contributed by atoms with Crippen molar-refractivity contribution in [1.82, 2.24) is 0 Å². The SMILES string of the molecule is Cc1ccc(SC#Cc2ccc(C=N)c3ccccc23)cc1. The lowest BCUT2D eigenvalue weighted by atomic mass is 10.0. The summed E-state index contributed by atoms with van der Waals surface area (Å²) < 4.78 is 0. The number of fused-ring (bicyclic) bond motifs is 1. The van der Waals surface area contributed by atoms with E-state index in [4.69, 9.17) is 5.41 Å². The molecular weight excluding hydrogens is 286 g/mol. The van der Waals surface area contributed by atoms with Crippen LogP contribution in [0.1, 0.15) is 16.7 Å². The van der Waals surface area contributed by atoms with Crippen molar-refractivity contribution in [2.75, 3.05) is 0 Å². The van der Waals surface area contributed by atoms with Gasteiger partial charge in [0.25, 0.3) is 0 Å². The van der Waals surface area contributed by atoms with E-state index in [2.05, 4.69) is 48.4 Å². The van der Waals surface area contributed by atoms with Crippen LogP contribution in [-0.2, 0) is 0 Å². The smallest absolute Gasteiger partial charge is 0.0333 e. The first-order valence-electron chi connectivity index (χ1n) is 7.04. The fraction of sp³-hybridized carbons (Fsp3) is 0.0500. The fourth-order valence-corrected chi connectivity index (χ4v) is 2.85. The molecule has 0 saturated carbocycles. The minimum atomic E-state index is 0.923. The average Bonchev–Trinajstić information content (AvgIpc) is 2.57. The molecule has 1 nitrogen and oxygen atoms in total. The maximum absolute atomic E-state index is 7.50. The third-order valence-corrected chi connectivity index (χ3v) is 4.20. The van der Waals surface area contributed by atoms with E-state index < -0.39 is 0 Å². The Morgan fingerprint density at radius 1 is 0.909 bits per heavy atom. The van der Waals surface area contributed by atoms with E-state index in [0.717, 1.165) is 26.8 Å². The van der Waals surface area contributed by atoms with Gasteiger partial charge in [-0.05, 0) is 58.5 Å². The van der Waals surface area contributed by atoms with Gasteiger partial charge >= 0.3 is 0 Å². The Labute approximate surface area is 134 Å². The Morgan fingerprint density at radius 3 is 2.36 bits per heavy atom. The van der Waals surface area contributed by atoms with Crippen molar-refractivity contribution in [3.05, 3.63) is 77.4 Å². The molecule has 0 fully saturated rings. The first kappa shape index (κ1) is 14.4. The van der Waals surface area contributed by atoms with Gasteiger partial charge in [0.15, 0.2) is 0 Å². The van der Waals surface area contributed by atoms with Crippen LogP contribution in [0.25, 0.3) is 10.8 Å². The van der Waals surface area contributed by atoms with Crippen molar-refractivity contribution in [2.24, 2.45) is 0 Å². The molecule has 3 rings (SSSR count). The van der Waals surface area contributed by atoms with Crippen LogP contribution in [0.15, 0.2) is 65.6 Å². The second-order valence-corrected chi connectivity index (χ2v) is 5.91. The largest absolute Gasteiger partial charge is 0.308 e. The number of hydrogen-bond donors (Lipinski definition) is 1. The van der Waals surface area contributed by atoms with Gasteiger partial charge in [-0.3, -0.25) is 0 Å². The zero-order chi connectivity index (χ0) is 15.4. The van der Waals surface area contributed by atoms with Crippen LogP contribution in [0.4, 0.5) is 0 Å².